The number of aryl methyl sites for hydroxylation is 1. The van der Waals surface area contributed by atoms with Crippen LogP contribution in [0.25, 0.3) is 0 Å². The zero-order valence-corrected chi connectivity index (χ0v) is 12.8. The molecule has 0 saturated heterocycles. The molecule has 0 saturated carbocycles. The van der Waals surface area contributed by atoms with Gasteiger partial charge in [-0.3, -0.25) is 4.79 Å². The highest BCUT2D eigenvalue weighted by atomic mass is 79.9. The number of rotatable bonds is 4. The van der Waals surface area contributed by atoms with Crippen molar-refractivity contribution in [2.75, 3.05) is 5.32 Å². The van der Waals surface area contributed by atoms with Crippen molar-refractivity contribution in [2.45, 2.75) is 26.3 Å². The van der Waals surface area contributed by atoms with Crippen LogP contribution < -0.4 is 5.32 Å². The summed E-state index contributed by atoms with van der Waals surface area (Å²) in [5.74, 6) is 0.579. The van der Waals surface area contributed by atoms with Crippen LogP contribution in [-0.4, -0.2) is 20.3 Å². The number of anilines is 1. The number of hydrogen-bond acceptors (Lipinski definition) is 2. The van der Waals surface area contributed by atoms with E-state index < -0.39 is 0 Å². The van der Waals surface area contributed by atoms with Gasteiger partial charge < -0.3 is 9.88 Å². The van der Waals surface area contributed by atoms with Gasteiger partial charge in [0.25, 0.3) is 5.91 Å². The molecule has 0 fully saturated rings. The average Bonchev–Trinajstić information content (AvgIpc) is 2.95. The summed E-state index contributed by atoms with van der Waals surface area (Å²) in [6, 6.07) is 3.85. The first-order valence-electron chi connectivity index (χ1n) is 6.19. The van der Waals surface area contributed by atoms with E-state index in [-0.39, 0.29) is 11.9 Å². The smallest absolute Gasteiger partial charge is 0.273 e. The summed E-state index contributed by atoms with van der Waals surface area (Å²) in [6.45, 7) is 4.16. The van der Waals surface area contributed by atoms with Gasteiger partial charge in [0.1, 0.15) is 11.5 Å². The normalized spacial score (nSPS) is 12.4. The minimum Gasteiger partial charge on any atom is -0.345 e. The van der Waals surface area contributed by atoms with Crippen LogP contribution in [0.4, 0.5) is 5.82 Å². The summed E-state index contributed by atoms with van der Waals surface area (Å²) < 4.78 is 4.50. The average molecular weight is 325 g/mol. The van der Waals surface area contributed by atoms with Crippen LogP contribution in [0.15, 0.2) is 29.0 Å². The molecule has 2 aromatic rings. The summed E-state index contributed by atoms with van der Waals surface area (Å²) in [5, 5.41) is 7.14. The molecule has 102 valence electrons. The van der Waals surface area contributed by atoms with Gasteiger partial charge in [0.15, 0.2) is 0 Å². The molecule has 0 aliphatic carbocycles. The Bertz CT molecular complexity index is 587. The Morgan fingerprint density at radius 3 is 2.89 bits per heavy atom. The highest BCUT2D eigenvalue weighted by Crippen LogP contribution is 2.19. The first-order chi connectivity index (χ1) is 9.02. The topological polar surface area (TPSA) is 51.9 Å². The molecule has 6 heteroatoms. The van der Waals surface area contributed by atoms with E-state index in [0.717, 1.165) is 16.7 Å². The van der Waals surface area contributed by atoms with E-state index in [1.807, 2.05) is 24.0 Å². The van der Waals surface area contributed by atoms with Crippen LogP contribution in [0.1, 0.15) is 36.8 Å². The van der Waals surface area contributed by atoms with E-state index in [1.54, 1.807) is 16.8 Å². The van der Waals surface area contributed by atoms with Crippen molar-refractivity contribution in [1.82, 2.24) is 14.3 Å². The Kier molecular flexibility index (Phi) is 4.09. The third kappa shape index (κ3) is 2.89. The molecule has 0 bridgehead atoms. The standard InChI is InChI=1S/C13H17BrN4O/c1-4-9(2)18-12(5-6-15-18)16-13(19)11-7-10(14)8-17(11)3/h5-9H,4H2,1-3H3,(H,16,19). The highest BCUT2D eigenvalue weighted by molar-refractivity contribution is 9.10. The third-order valence-corrected chi connectivity index (χ3v) is 3.56. The molecule has 1 amide bonds. The highest BCUT2D eigenvalue weighted by Gasteiger charge is 2.15. The number of aromatic nitrogens is 3. The molecule has 0 radical (unpaired) electrons. The first-order valence-corrected chi connectivity index (χ1v) is 6.99. The summed E-state index contributed by atoms with van der Waals surface area (Å²) in [5.41, 5.74) is 0.601. The van der Waals surface area contributed by atoms with Crippen molar-refractivity contribution >= 4 is 27.7 Å². The van der Waals surface area contributed by atoms with Gasteiger partial charge in [0.2, 0.25) is 0 Å². The van der Waals surface area contributed by atoms with Crippen molar-refractivity contribution < 1.29 is 4.79 Å². The number of amides is 1. The van der Waals surface area contributed by atoms with Gasteiger partial charge in [0, 0.05) is 23.8 Å². The van der Waals surface area contributed by atoms with Crippen molar-refractivity contribution in [1.29, 1.82) is 0 Å². The molecule has 1 unspecified atom stereocenters. The molecule has 0 aliphatic heterocycles. The predicted molar refractivity (Wildman–Crippen MR) is 78.3 cm³/mol. The molecular formula is C13H17BrN4O. The van der Waals surface area contributed by atoms with E-state index in [0.29, 0.717) is 5.69 Å². The SMILES string of the molecule is CCC(C)n1nccc1NC(=O)c1cc(Br)cn1C. The van der Waals surface area contributed by atoms with E-state index in [1.165, 1.54) is 0 Å². The lowest BCUT2D eigenvalue weighted by molar-refractivity contribution is 0.101. The molecular weight excluding hydrogens is 308 g/mol. The minimum atomic E-state index is -0.141. The summed E-state index contributed by atoms with van der Waals surface area (Å²) >= 11 is 3.36. The second-order valence-corrected chi connectivity index (χ2v) is 5.44. The number of hydrogen-bond donors (Lipinski definition) is 1. The van der Waals surface area contributed by atoms with Crippen LogP contribution >= 0.6 is 15.9 Å². The molecule has 19 heavy (non-hydrogen) atoms. The quantitative estimate of drug-likeness (QED) is 0.938. The monoisotopic (exact) mass is 324 g/mol. The lowest BCUT2D eigenvalue weighted by Gasteiger charge is -2.14. The maximum Gasteiger partial charge on any atom is 0.273 e. The van der Waals surface area contributed by atoms with Crippen molar-refractivity contribution in [2.24, 2.45) is 7.05 Å². The largest absolute Gasteiger partial charge is 0.345 e. The number of nitrogens with zero attached hydrogens (tertiary/aromatic N) is 3. The number of carbonyl (C=O) groups excluding carboxylic acids is 1. The second-order valence-electron chi connectivity index (χ2n) is 4.53. The fraction of sp³-hybridized carbons (Fsp3) is 0.385. The van der Waals surface area contributed by atoms with Crippen molar-refractivity contribution in [3.8, 4) is 0 Å². The van der Waals surface area contributed by atoms with E-state index in [9.17, 15) is 4.79 Å². The molecule has 1 N–H and O–H groups in total. The van der Waals surface area contributed by atoms with E-state index >= 15 is 0 Å². The zero-order chi connectivity index (χ0) is 14.0. The second kappa shape index (κ2) is 5.61. The Morgan fingerprint density at radius 1 is 1.58 bits per heavy atom. The van der Waals surface area contributed by atoms with Gasteiger partial charge in [-0.05, 0) is 35.3 Å². The molecule has 2 rings (SSSR count). The maximum atomic E-state index is 12.2. The van der Waals surface area contributed by atoms with Gasteiger partial charge in [-0.15, -0.1) is 0 Å². The molecule has 0 aliphatic rings. The molecule has 0 spiro atoms. The van der Waals surface area contributed by atoms with Crippen LogP contribution in [0, 0.1) is 0 Å². The summed E-state index contributed by atoms with van der Waals surface area (Å²) in [4.78, 5) is 12.2. The Morgan fingerprint density at radius 2 is 2.32 bits per heavy atom. The van der Waals surface area contributed by atoms with Crippen LogP contribution in [0.3, 0.4) is 0 Å². The number of nitrogens with one attached hydrogen (secondary N) is 1. The Labute approximate surface area is 120 Å². The van der Waals surface area contributed by atoms with E-state index in [4.69, 9.17) is 0 Å². The van der Waals surface area contributed by atoms with Gasteiger partial charge >= 0.3 is 0 Å². The molecule has 2 heterocycles. The lowest BCUT2D eigenvalue weighted by atomic mass is 10.3. The fourth-order valence-corrected chi connectivity index (χ4v) is 2.39. The zero-order valence-electron chi connectivity index (χ0n) is 11.2. The van der Waals surface area contributed by atoms with Crippen molar-refractivity contribution in [3.05, 3.63) is 34.7 Å². The van der Waals surface area contributed by atoms with Crippen LogP contribution in [0.5, 0.6) is 0 Å². The molecule has 0 aromatic carbocycles. The summed E-state index contributed by atoms with van der Waals surface area (Å²) in [6.07, 6.45) is 4.50. The van der Waals surface area contributed by atoms with Gasteiger partial charge in [-0.1, -0.05) is 6.92 Å². The van der Waals surface area contributed by atoms with Crippen molar-refractivity contribution in [3.63, 3.8) is 0 Å². The van der Waals surface area contributed by atoms with Crippen LogP contribution in [-0.2, 0) is 7.05 Å². The summed E-state index contributed by atoms with van der Waals surface area (Å²) in [7, 11) is 1.84. The number of halogens is 1. The Hall–Kier alpha value is -1.56. The molecule has 2 aromatic heterocycles. The molecule has 1 atom stereocenters. The minimum absolute atomic E-state index is 0.141. The first kappa shape index (κ1) is 13.9. The predicted octanol–water partition coefficient (Wildman–Crippen LogP) is 3.21. The van der Waals surface area contributed by atoms with Crippen LogP contribution in [0.2, 0.25) is 0 Å². The third-order valence-electron chi connectivity index (χ3n) is 3.12. The van der Waals surface area contributed by atoms with E-state index in [2.05, 4.69) is 40.2 Å². The Balaban J connectivity index is 2.20. The fourth-order valence-electron chi connectivity index (χ4n) is 1.87. The lowest BCUT2D eigenvalue weighted by Crippen LogP contribution is -2.19. The van der Waals surface area contributed by atoms with Gasteiger partial charge in [-0.25, -0.2) is 4.68 Å². The van der Waals surface area contributed by atoms with Gasteiger partial charge in [0.05, 0.1) is 12.2 Å². The van der Waals surface area contributed by atoms with Gasteiger partial charge in [-0.2, -0.15) is 5.10 Å². The maximum absolute atomic E-state index is 12.2. The number of carbonyl (C=O) groups is 1. The molecule has 5 nitrogen and oxygen atoms in total.